The van der Waals surface area contributed by atoms with Gasteiger partial charge in [0, 0.05) is 12.0 Å². The molecule has 0 saturated heterocycles. The van der Waals surface area contributed by atoms with Crippen LogP contribution in [0.2, 0.25) is 0 Å². The van der Waals surface area contributed by atoms with E-state index in [0.29, 0.717) is 6.42 Å². The van der Waals surface area contributed by atoms with Crippen LogP contribution in [0.5, 0.6) is 0 Å². The second-order valence-electron chi connectivity index (χ2n) is 2.91. The summed E-state index contributed by atoms with van der Waals surface area (Å²) in [6.07, 6.45) is 0.624. The van der Waals surface area contributed by atoms with E-state index in [4.69, 9.17) is 10.2 Å². The zero-order valence-electron chi connectivity index (χ0n) is 5.29. The Labute approximate surface area is 53.3 Å². The van der Waals surface area contributed by atoms with Crippen molar-refractivity contribution in [1.29, 1.82) is 0 Å². The predicted octanol–water partition coefficient (Wildman–Crippen LogP) is 0.0895. The smallest absolute Gasteiger partial charge is 0.307 e. The molecule has 1 rings (SSSR count). The van der Waals surface area contributed by atoms with Crippen LogP contribution in [0.15, 0.2) is 0 Å². The lowest BCUT2D eigenvalue weighted by atomic mass is 10.1. The zero-order chi connectivity index (χ0) is 7.07. The lowest BCUT2D eigenvalue weighted by Crippen LogP contribution is -2.10. The van der Waals surface area contributed by atoms with Gasteiger partial charge in [-0.2, -0.15) is 0 Å². The lowest BCUT2D eigenvalue weighted by Gasteiger charge is -2.00. The van der Waals surface area contributed by atoms with Crippen molar-refractivity contribution in [3.05, 3.63) is 0 Å². The third-order valence-electron chi connectivity index (χ3n) is 2.01. The fraction of sp³-hybridized carbons (Fsp3) is 0.833. The van der Waals surface area contributed by atoms with Crippen LogP contribution < -0.4 is 0 Å². The SMILES string of the molecule is C[C@@]1(CO)C[C@H]1C(=O)O. The number of aliphatic hydroxyl groups excluding tert-OH is 1. The van der Waals surface area contributed by atoms with E-state index >= 15 is 0 Å². The van der Waals surface area contributed by atoms with E-state index in [1.807, 2.05) is 0 Å². The first-order chi connectivity index (χ1) is 4.10. The fourth-order valence-corrected chi connectivity index (χ4v) is 0.968. The number of hydrogen-bond acceptors (Lipinski definition) is 2. The molecule has 52 valence electrons. The molecule has 0 aromatic heterocycles. The fourth-order valence-electron chi connectivity index (χ4n) is 0.968. The summed E-state index contributed by atoms with van der Waals surface area (Å²) in [4.78, 5) is 10.2. The third kappa shape index (κ3) is 0.920. The van der Waals surface area contributed by atoms with Gasteiger partial charge in [-0.05, 0) is 6.42 Å². The van der Waals surface area contributed by atoms with Crippen molar-refractivity contribution in [2.75, 3.05) is 6.61 Å². The maximum Gasteiger partial charge on any atom is 0.307 e. The summed E-state index contributed by atoms with van der Waals surface area (Å²) in [5, 5.41) is 17.0. The molecule has 1 saturated carbocycles. The maximum absolute atomic E-state index is 10.2. The van der Waals surface area contributed by atoms with E-state index < -0.39 is 5.97 Å². The van der Waals surface area contributed by atoms with Gasteiger partial charge in [-0.15, -0.1) is 0 Å². The van der Waals surface area contributed by atoms with E-state index in [-0.39, 0.29) is 17.9 Å². The van der Waals surface area contributed by atoms with E-state index in [1.54, 1.807) is 6.92 Å². The van der Waals surface area contributed by atoms with Gasteiger partial charge < -0.3 is 10.2 Å². The van der Waals surface area contributed by atoms with Crippen LogP contribution in [0.1, 0.15) is 13.3 Å². The van der Waals surface area contributed by atoms with E-state index in [1.165, 1.54) is 0 Å². The monoisotopic (exact) mass is 130 g/mol. The summed E-state index contributed by atoms with van der Waals surface area (Å²) < 4.78 is 0. The number of aliphatic hydroxyl groups is 1. The van der Waals surface area contributed by atoms with Gasteiger partial charge in [0.15, 0.2) is 0 Å². The van der Waals surface area contributed by atoms with Gasteiger partial charge in [0.2, 0.25) is 0 Å². The first-order valence-corrected chi connectivity index (χ1v) is 2.94. The minimum atomic E-state index is -0.786. The van der Waals surface area contributed by atoms with E-state index in [2.05, 4.69) is 0 Å². The highest BCUT2D eigenvalue weighted by Crippen LogP contribution is 2.51. The minimum absolute atomic E-state index is 0.00995. The van der Waals surface area contributed by atoms with Crippen molar-refractivity contribution < 1.29 is 15.0 Å². The summed E-state index contributed by atoms with van der Waals surface area (Å²) in [6, 6.07) is 0. The largest absolute Gasteiger partial charge is 0.481 e. The van der Waals surface area contributed by atoms with Crippen LogP contribution in [0.25, 0.3) is 0 Å². The highest BCUT2D eigenvalue weighted by molar-refractivity contribution is 5.74. The molecule has 1 aliphatic carbocycles. The standard InChI is InChI=1S/C6H10O3/c1-6(3-7)2-4(6)5(8)9/h4,7H,2-3H2,1H3,(H,8,9)/t4-,6-/m0/s1. The van der Waals surface area contributed by atoms with Gasteiger partial charge >= 0.3 is 5.97 Å². The Kier molecular flexibility index (Phi) is 1.24. The van der Waals surface area contributed by atoms with Crippen LogP contribution in [0, 0.1) is 11.3 Å². The van der Waals surface area contributed by atoms with Crippen molar-refractivity contribution in [2.24, 2.45) is 11.3 Å². The third-order valence-corrected chi connectivity index (χ3v) is 2.01. The Hall–Kier alpha value is -0.570. The molecule has 3 nitrogen and oxygen atoms in total. The molecule has 1 fully saturated rings. The van der Waals surface area contributed by atoms with Gasteiger partial charge in [-0.1, -0.05) is 6.92 Å². The second kappa shape index (κ2) is 1.70. The van der Waals surface area contributed by atoms with Crippen molar-refractivity contribution in [2.45, 2.75) is 13.3 Å². The van der Waals surface area contributed by atoms with Crippen molar-refractivity contribution >= 4 is 5.97 Å². The van der Waals surface area contributed by atoms with Crippen molar-refractivity contribution in [3.8, 4) is 0 Å². The summed E-state index contributed by atoms with van der Waals surface area (Å²) in [5.74, 6) is -1.09. The molecule has 0 bridgehead atoms. The number of carboxylic acid groups (broad SMARTS) is 1. The van der Waals surface area contributed by atoms with Gasteiger partial charge in [0.05, 0.1) is 5.92 Å². The molecule has 0 aliphatic heterocycles. The maximum atomic E-state index is 10.2. The molecular weight excluding hydrogens is 120 g/mol. The van der Waals surface area contributed by atoms with E-state index in [0.717, 1.165) is 0 Å². The van der Waals surface area contributed by atoms with Crippen LogP contribution in [0.4, 0.5) is 0 Å². The highest BCUT2D eigenvalue weighted by Gasteiger charge is 2.54. The second-order valence-corrected chi connectivity index (χ2v) is 2.91. The molecule has 2 N–H and O–H groups in total. The normalized spacial score (nSPS) is 40.4. The summed E-state index contributed by atoms with van der Waals surface area (Å²) in [5.41, 5.74) is -0.314. The molecule has 0 spiro atoms. The van der Waals surface area contributed by atoms with Gasteiger partial charge in [-0.3, -0.25) is 4.79 Å². The van der Waals surface area contributed by atoms with Crippen molar-refractivity contribution in [1.82, 2.24) is 0 Å². The van der Waals surface area contributed by atoms with Crippen LogP contribution in [0.3, 0.4) is 0 Å². The molecular formula is C6H10O3. The predicted molar refractivity (Wildman–Crippen MR) is 30.9 cm³/mol. The van der Waals surface area contributed by atoms with Crippen molar-refractivity contribution in [3.63, 3.8) is 0 Å². The average molecular weight is 130 g/mol. The Morgan fingerprint density at radius 1 is 1.89 bits per heavy atom. The number of rotatable bonds is 2. The molecule has 0 aromatic carbocycles. The number of carbonyl (C=O) groups is 1. The molecule has 0 amide bonds. The molecule has 2 atom stereocenters. The van der Waals surface area contributed by atoms with Gasteiger partial charge in [-0.25, -0.2) is 0 Å². The molecule has 9 heavy (non-hydrogen) atoms. The van der Waals surface area contributed by atoms with Crippen LogP contribution in [-0.2, 0) is 4.79 Å². The first-order valence-electron chi connectivity index (χ1n) is 2.94. The first kappa shape index (κ1) is 6.55. The van der Waals surface area contributed by atoms with Gasteiger partial charge in [0.1, 0.15) is 0 Å². The molecule has 0 unspecified atom stereocenters. The number of hydrogen-bond donors (Lipinski definition) is 2. The zero-order valence-corrected chi connectivity index (χ0v) is 5.29. The quantitative estimate of drug-likeness (QED) is 0.557. The topological polar surface area (TPSA) is 57.5 Å². The molecule has 1 aliphatic rings. The summed E-state index contributed by atoms with van der Waals surface area (Å²) in [7, 11) is 0. The molecule has 0 heterocycles. The highest BCUT2D eigenvalue weighted by atomic mass is 16.4. The summed E-state index contributed by atoms with van der Waals surface area (Å²) >= 11 is 0. The lowest BCUT2D eigenvalue weighted by molar-refractivity contribution is -0.139. The van der Waals surface area contributed by atoms with Crippen LogP contribution in [-0.4, -0.2) is 22.8 Å². The van der Waals surface area contributed by atoms with Gasteiger partial charge in [0.25, 0.3) is 0 Å². The Morgan fingerprint density at radius 3 is 2.56 bits per heavy atom. The minimum Gasteiger partial charge on any atom is -0.481 e. The van der Waals surface area contributed by atoms with Crippen LogP contribution >= 0.6 is 0 Å². The number of aliphatic carboxylic acids is 1. The van der Waals surface area contributed by atoms with E-state index in [9.17, 15) is 4.79 Å². The average Bonchev–Trinajstić information content (AvgIpc) is 2.44. The molecule has 3 heteroatoms. The summed E-state index contributed by atoms with van der Waals surface area (Å²) in [6.45, 7) is 1.77. The Balaban J connectivity index is 2.48. The Morgan fingerprint density at radius 2 is 2.44 bits per heavy atom. The number of carboxylic acids is 1. The molecule has 0 radical (unpaired) electrons. The Bertz CT molecular complexity index is 143. The molecule has 0 aromatic rings.